The molecule has 1 N–H and O–H groups in total. The van der Waals surface area contributed by atoms with Crippen molar-refractivity contribution in [2.45, 2.75) is 25.8 Å². The van der Waals surface area contributed by atoms with Crippen molar-refractivity contribution in [1.29, 1.82) is 0 Å². The third kappa shape index (κ3) is 3.94. The molecule has 102 valence electrons. The summed E-state index contributed by atoms with van der Waals surface area (Å²) in [6.45, 7) is 6.38. The Morgan fingerprint density at radius 1 is 1.33 bits per heavy atom. The Bertz CT molecular complexity index is 353. The smallest absolute Gasteiger partial charge is 0.123 e. The van der Waals surface area contributed by atoms with E-state index < -0.39 is 0 Å². The Hall–Kier alpha value is -0.640. The highest BCUT2D eigenvalue weighted by Gasteiger charge is 2.21. The zero-order valence-electron chi connectivity index (χ0n) is 10.9. The van der Waals surface area contributed by atoms with Gasteiger partial charge in [-0.25, -0.2) is 4.39 Å². The van der Waals surface area contributed by atoms with Crippen LogP contribution in [0.4, 0.5) is 4.39 Å². The SMILES string of the molecule is CCC[C@H](c1cccc(F)c1)N1CCNCC1.Cl. The van der Waals surface area contributed by atoms with E-state index in [4.69, 9.17) is 0 Å². The van der Waals surface area contributed by atoms with E-state index in [1.165, 1.54) is 6.07 Å². The molecule has 0 radical (unpaired) electrons. The molecular formula is C14H22ClFN2. The van der Waals surface area contributed by atoms with E-state index in [0.29, 0.717) is 6.04 Å². The topological polar surface area (TPSA) is 15.3 Å². The fourth-order valence-electron chi connectivity index (χ4n) is 2.54. The molecule has 1 saturated heterocycles. The first kappa shape index (κ1) is 15.4. The summed E-state index contributed by atoms with van der Waals surface area (Å²) in [5.74, 6) is -0.126. The number of hydrogen-bond acceptors (Lipinski definition) is 2. The summed E-state index contributed by atoms with van der Waals surface area (Å²) in [5, 5.41) is 3.36. The van der Waals surface area contributed by atoms with Gasteiger partial charge in [-0.2, -0.15) is 0 Å². The lowest BCUT2D eigenvalue weighted by Gasteiger charge is -2.35. The van der Waals surface area contributed by atoms with E-state index in [2.05, 4.69) is 17.1 Å². The van der Waals surface area contributed by atoms with Gasteiger partial charge in [0.2, 0.25) is 0 Å². The molecule has 1 aliphatic heterocycles. The Labute approximate surface area is 115 Å². The quantitative estimate of drug-likeness (QED) is 0.907. The first-order chi connectivity index (χ1) is 8.31. The third-order valence-corrected chi connectivity index (χ3v) is 3.39. The molecule has 2 rings (SSSR count). The van der Waals surface area contributed by atoms with Gasteiger partial charge in [0.05, 0.1) is 0 Å². The van der Waals surface area contributed by atoms with Crippen LogP contribution in [0, 0.1) is 5.82 Å². The number of benzene rings is 1. The van der Waals surface area contributed by atoms with E-state index in [1.54, 1.807) is 6.07 Å². The molecule has 2 nitrogen and oxygen atoms in total. The number of piperazine rings is 1. The van der Waals surface area contributed by atoms with Crippen LogP contribution < -0.4 is 5.32 Å². The van der Waals surface area contributed by atoms with Gasteiger partial charge in [-0.05, 0) is 24.1 Å². The Morgan fingerprint density at radius 3 is 2.67 bits per heavy atom. The van der Waals surface area contributed by atoms with Crippen molar-refractivity contribution in [2.75, 3.05) is 26.2 Å². The van der Waals surface area contributed by atoms with Gasteiger partial charge < -0.3 is 5.32 Å². The Morgan fingerprint density at radius 2 is 2.06 bits per heavy atom. The van der Waals surface area contributed by atoms with Crippen LogP contribution >= 0.6 is 12.4 Å². The van der Waals surface area contributed by atoms with Gasteiger partial charge in [0.25, 0.3) is 0 Å². The highest BCUT2D eigenvalue weighted by atomic mass is 35.5. The largest absolute Gasteiger partial charge is 0.314 e. The fourth-order valence-corrected chi connectivity index (χ4v) is 2.54. The van der Waals surface area contributed by atoms with Crippen molar-refractivity contribution in [1.82, 2.24) is 10.2 Å². The minimum absolute atomic E-state index is 0. The predicted octanol–water partition coefficient (Wildman–Crippen LogP) is 2.99. The van der Waals surface area contributed by atoms with Crippen molar-refractivity contribution in [3.05, 3.63) is 35.6 Å². The van der Waals surface area contributed by atoms with Crippen LogP contribution in [-0.2, 0) is 0 Å². The van der Waals surface area contributed by atoms with Crippen molar-refractivity contribution >= 4 is 12.4 Å². The highest BCUT2D eigenvalue weighted by Crippen LogP contribution is 2.26. The van der Waals surface area contributed by atoms with Crippen LogP contribution in [0.5, 0.6) is 0 Å². The monoisotopic (exact) mass is 272 g/mol. The summed E-state index contributed by atoms with van der Waals surface area (Å²) in [6.07, 6.45) is 2.23. The van der Waals surface area contributed by atoms with Crippen LogP contribution in [0.3, 0.4) is 0 Å². The van der Waals surface area contributed by atoms with Gasteiger partial charge >= 0.3 is 0 Å². The Kier molecular flexibility index (Phi) is 6.61. The summed E-state index contributed by atoms with van der Waals surface area (Å²) in [5.41, 5.74) is 1.12. The molecule has 18 heavy (non-hydrogen) atoms. The molecular weight excluding hydrogens is 251 g/mol. The summed E-state index contributed by atoms with van der Waals surface area (Å²) in [7, 11) is 0. The summed E-state index contributed by atoms with van der Waals surface area (Å²) >= 11 is 0. The van der Waals surface area contributed by atoms with E-state index in [-0.39, 0.29) is 18.2 Å². The first-order valence-corrected chi connectivity index (χ1v) is 6.51. The van der Waals surface area contributed by atoms with Crippen LogP contribution in [-0.4, -0.2) is 31.1 Å². The summed E-state index contributed by atoms with van der Waals surface area (Å²) < 4.78 is 13.3. The van der Waals surface area contributed by atoms with Gasteiger partial charge in [-0.3, -0.25) is 4.90 Å². The minimum atomic E-state index is -0.126. The molecule has 0 unspecified atom stereocenters. The minimum Gasteiger partial charge on any atom is -0.314 e. The van der Waals surface area contributed by atoms with Gasteiger partial charge in [0.15, 0.2) is 0 Å². The molecule has 1 atom stereocenters. The molecule has 0 aliphatic carbocycles. The zero-order valence-corrected chi connectivity index (χ0v) is 11.7. The maximum atomic E-state index is 13.3. The molecule has 0 bridgehead atoms. The lowest BCUT2D eigenvalue weighted by atomic mass is 10.00. The Balaban J connectivity index is 0.00000162. The van der Waals surface area contributed by atoms with Gasteiger partial charge in [-0.1, -0.05) is 25.5 Å². The molecule has 0 spiro atoms. The maximum absolute atomic E-state index is 13.3. The lowest BCUT2D eigenvalue weighted by Crippen LogP contribution is -2.45. The molecule has 0 aromatic heterocycles. The van der Waals surface area contributed by atoms with Gasteiger partial charge in [0, 0.05) is 32.2 Å². The molecule has 1 heterocycles. The number of halogens is 2. The standard InChI is InChI=1S/C14H21FN2.ClH/c1-2-4-14(17-9-7-16-8-10-17)12-5-3-6-13(15)11-12;/h3,5-6,11,14,16H,2,4,7-10H2,1H3;1H/t14-;/m1./s1. The normalized spacial score (nSPS) is 18.1. The fraction of sp³-hybridized carbons (Fsp3) is 0.571. The van der Waals surface area contributed by atoms with E-state index >= 15 is 0 Å². The predicted molar refractivity (Wildman–Crippen MR) is 75.7 cm³/mol. The van der Waals surface area contributed by atoms with E-state index in [0.717, 1.165) is 44.6 Å². The molecule has 1 aromatic rings. The second-order valence-electron chi connectivity index (χ2n) is 4.65. The van der Waals surface area contributed by atoms with Gasteiger partial charge in [-0.15, -0.1) is 12.4 Å². The average Bonchev–Trinajstić information content (AvgIpc) is 2.37. The molecule has 4 heteroatoms. The highest BCUT2D eigenvalue weighted by molar-refractivity contribution is 5.85. The number of nitrogens with one attached hydrogen (secondary N) is 1. The number of rotatable bonds is 4. The number of hydrogen-bond donors (Lipinski definition) is 1. The molecule has 1 aliphatic rings. The van der Waals surface area contributed by atoms with Crippen LogP contribution in [0.1, 0.15) is 31.4 Å². The third-order valence-electron chi connectivity index (χ3n) is 3.39. The van der Waals surface area contributed by atoms with Crippen molar-refractivity contribution in [3.63, 3.8) is 0 Å². The van der Waals surface area contributed by atoms with Crippen LogP contribution in [0.25, 0.3) is 0 Å². The second-order valence-corrected chi connectivity index (χ2v) is 4.65. The summed E-state index contributed by atoms with van der Waals surface area (Å²) in [6, 6.07) is 7.44. The average molecular weight is 273 g/mol. The molecule has 1 aromatic carbocycles. The van der Waals surface area contributed by atoms with Crippen LogP contribution in [0.15, 0.2) is 24.3 Å². The molecule has 0 saturated carbocycles. The van der Waals surface area contributed by atoms with Crippen molar-refractivity contribution < 1.29 is 4.39 Å². The molecule has 1 fully saturated rings. The van der Waals surface area contributed by atoms with Gasteiger partial charge in [0.1, 0.15) is 5.82 Å². The lowest BCUT2D eigenvalue weighted by molar-refractivity contribution is 0.164. The number of nitrogens with zero attached hydrogens (tertiary/aromatic N) is 1. The van der Waals surface area contributed by atoms with Crippen LogP contribution in [0.2, 0.25) is 0 Å². The van der Waals surface area contributed by atoms with E-state index in [1.807, 2.05) is 12.1 Å². The molecule has 0 amide bonds. The zero-order chi connectivity index (χ0) is 12.1. The maximum Gasteiger partial charge on any atom is 0.123 e. The van der Waals surface area contributed by atoms with Crippen molar-refractivity contribution in [3.8, 4) is 0 Å². The van der Waals surface area contributed by atoms with E-state index in [9.17, 15) is 4.39 Å². The second kappa shape index (κ2) is 7.72. The summed E-state index contributed by atoms with van der Waals surface area (Å²) in [4.78, 5) is 2.47. The van der Waals surface area contributed by atoms with Crippen molar-refractivity contribution in [2.24, 2.45) is 0 Å². The first-order valence-electron chi connectivity index (χ1n) is 6.51.